The van der Waals surface area contributed by atoms with Crippen LogP contribution in [0.3, 0.4) is 0 Å². The van der Waals surface area contributed by atoms with Crippen LogP contribution in [0.4, 0.5) is 0 Å². The molecule has 2 rings (SSSR count). The summed E-state index contributed by atoms with van der Waals surface area (Å²) in [4.78, 5) is 34.9. The normalized spacial score (nSPS) is 17.8. The van der Waals surface area contributed by atoms with Crippen LogP contribution in [-0.2, 0) is 27.5 Å². The summed E-state index contributed by atoms with van der Waals surface area (Å²) in [5.74, 6) is -0.572. The van der Waals surface area contributed by atoms with Crippen molar-refractivity contribution < 1.29 is 14.3 Å². The molecule has 5 heteroatoms. The minimum atomic E-state index is -0.348. The molecule has 1 atom stereocenters. The van der Waals surface area contributed by atoms with Crippen molar-refractivity contribution in [2.24, 2.45) is 0 Å². The lowest BCUT2D eigenvalue weighted by molar-refractivity contribution is -0.148. The van der Waals surface area contributed by atoms with Crippen molar-refractivity contribution in [3.8, 4) is 0 Å². The average molecular weight is 263 g/mol. The maximum Gasteiger partial charge on any atom is 0.313 e. The lowest BCUT2D eigenvalue weighted by Gasteiger charge is -2.23. The number of rotatable bonds is 4. The van der Waals surface area contributed by atoms with E-state index in [2.05, 4.69) is 0 Å². The number of hydrogen-bond acceptors (Lipinski definition) is 4. The molecular weight excluding hydrogens is 246 g/mol. The largest absolute Gasteiger partial charge is 0.460 e. The minimum Gasteiger partial charge on any atom is -0.460 e. The van der Waals surface area contributed by atoms with E-state index >= 15 is 0 Å². The van der Waals surface area contributed by atoms with E-state index < -0.39 is 0 Å². The highest BCUT2D eigenvalue weighted by Crippen LogP contribution is 2.27. The molecule has 1 aromatic rings. The van der Waals surface area contributed by atoms with E-state index in [9.17, 15) is 14.4 Å². The second-order valence-electron chi connectivity index (χ2n) is 4.77. The summed E-state index contributed by atoms with van der Waals surface area (Å²) < 4.78 is 6.56. The number of esters is 1. The van der Waals surface area contributed by atoms with Crippen molar-refractivity contribution in [1.82, 2.24) is 4.57 Å². The molecular formula is C14H17NO4. The zero-order chi connectivity index (χ0) is 14.0. The topological polar surface area (TPSA) is 65.4 Å². The molecule has 1 aliphatic heterocycles. The van der Waals surface area contributed by atoms with E-state index in [1.807, 2.05) is 6.92 Å². The highest BCUT2D eigenvalue weighted by atomic mass is 16.5. The molecule has 19 heavy (non-hydrogen) atoms. The van der Waals surface area contributed by atoms with Crippen LogP contribution in [0.25, 0.3) is 0 Å². The molecule has 0 saturated carbocycles. The zero-order valence-corrected chi connectivity index (χ0v) is 11.1. The smallest absolute Gasteiger partial charge is 0.313 e. The first-order valence-electron chi connectivity index (χ1n) is 6.43. The van der Waals surface area contributed by atoms with Gasteiger partial charge in [-0.1, -0.05) is 6.92 Å². The Kier molecular flexibility index (Phi) is 3.83. The average Bonchev–Trinajstić information content (AvgIpc) is 2.37. The molecule has 0 fully saturated rings. The zero-order valence-electron chi connectivity index (χ0n) is 11.1. The summed E-state index contributed by atoms with van der Waals surface area (Å²) in [5.41, 5.74) is 1.14. The van der Waals surface area contributed by atoms with Gasteiger partial charge in [-0.2, -0.15) is 0 Å². The monoisotopic (exact) mass is 263 g/mol. The van der Waals surface area contributed by atoms with Gasteiger partial charge < -0.3 is 9.30 Å². The number of aryl methyl sites for hydroxylation is 1. The number of aromatic nitrogens is 1. The van der Waals surface area contributed by atoms with Crippen molar-refractivity contribution in [1.29, 1.82) is 0 Å². The number of ketones is 1. The van der Waals surface area contributed by atoms with Crippen LogP contribution in [0.5, 0.6) is 0 Å². The molecule has 0 saturated heterocycles. The first kappa shape index (κ1) is 13.5. The molecule has 1 aliphatic rings. The van der Waals surface area contributed by atoms with Gasteiger partial charge in [0.2, 0.25) is 0 Å². The van der Waals surface area contributed by atoms with Gasteiger partial charge in [0.15, 0.2) is 0 Å². The van der Waals surface area contributed by atoms with E-state index in [1.165, 1.54) is 11.5 Å². The van der Waals surface area contributed by atoms with E-state index in [1.54, 1.807) is 12.3 Å². The van der Waals surface area contributed by atoms with Gasteiger partial charge in [0.25, 0.3) is 5.56 Å². The Labute approximate surface area is 111 Å². The van der Waals surface area contributed by atoms with Crippen molar-refractivity contribution in [2.75, 3.05) is 0 Å². The molecule has 1 aromatic heterocycles. The van der Waals surface area contributed by atoms with Crippen molar-refractivity contribution in [3.05, 3.63) is 33.7 Å². The number of pyridine rings is 1. The molecule has 0 amide bonds. The van der Waals surface area contributed by atoms with E-state index in [0.29, 0.717) is 24.9 Å². The standard InChI is InChI=1S/C14H17NO4/c1-3-10-11-5-7-15(6-4-9(2)16)13(17)12(11)8-19-14(10)18/h5,7,10H,3-4,6,8H2,1-2H3/t10-/m1/s1. The minimum absolute atomic E-state index is 0.0322. The van der Waals surface area contributed by atoms with Gasteiger partial charge >= 0.3 is 5.97 Å². The second-order valence-corrected chi connectivity index (χ2v) is 4.77. The first-order valence-corrected chi connectivity index (χ1v) is 6.43. The highest BCUT2D eigenvalue weighted by Gasteiger charge is 2.29. The molecule has 0 aromatic carbocycles. The van der Waals surface area contributed by atoms with Gasteiger partial charge in [-0.05, 0) is 25.0 Å². The summed E-state index contributed by atoms with van der Waals surface area (Å²) in [6.07, 6.45) is 2.60. The number of cyclic esters (lactones) is 1. The fourth-order valence-electron chi connectivity index (χ4n) is 2.32. The Hall–Kier alpha value is -1.91. The van der Waals surface area contributed by atoms with Gasteiger partial charge in [0.1, 0.15) is 12.4 Å². The SMILES string of the molecule is CC[C@H]1C(=O)OCc2c1ccn(CCC(C)=O)c2=O. The van der Waals surface area contributed by atoms with Gasteiger partial charge in [0, 0.05) is 19.2 Å². The number of Topliss-reactive ketones (excluding diaryl/α,β-unsaturated/α-hetero) is 1. The predicted octanol–water partition coefficient (Wildman–Crippen LogP) is 1.38. The van der Waals surface area contributed by atoms with Crippen molar-refractivity contribution in [3.63, 3.8) is 0 Å². The molecule has 0 unspecified atom stereocenters. The lowest BCUT2D eigenvalue weighted by atomic mass is 9.91. The van der Waals surface area contributed by atoms with Crippen LogP contribution in [0.2, 0.25) is 0 Å². The number of fused-ring (bicyclic) bond motifs is 1. The Bertz CT molecular complexity index is 573. The van der Waals surface area contributed by atoms with E-state index in [0.717, 1.165) is 5.56 Å². The van der Waals surface area contributed by atoms with Gasteiger partial charge in [0.05, 0.1) is 11.5 Å². The molecule has 0 spiro atoms. The van der Waals surface area contributed by atoms with Crippen LogP contribution < -0.4 is 5.56 Å². The van der Waals surface area contributed by atoms with Crippen LogP contribution >= 0.6 is 0 Å². The summed E-state index contributed by atoms with van der Waals surface area (Å²) >= 11 is 0. The summed E-state index contributed by atoms with van der Waals surface area (Å²) in [6.45, 7) is 3.79. The number of carbonyl (C=O) groups excluding carboxylic acids is 2. The number of carbonyl (C=O) groups is 2. The van der Waals surface area contributed by atoms with Crippen LogP contribution in [0.15, 0.2) is 17.1 Å². The van der Waals surface area contributed by atoms with Crippen LogP contribution in [0.1, 0.15) is 43.7 Å². The van der Waals surface area contributed by atoms with Gasteiger partial charge in [-0.15, -0.1) is 0 Å². The molecule has 0 N–H and O–H groups in total. The summed E-state index contributed by atoms with van der Waals surface area (Å²) in [5, 5.41) is 0. The summed E-state index contributed by atoms with van der Waals surface area (Å²) in [7, 11) is 0. The van der Waals surface area contributed by atoms with Crippen LogP contribution in [-0.4, -0.2) is 16.3 Å². The third-order valence-corrected chi connectivity index (χ3v) is 3.43. The fraction of sp³-hybridized carbons (Fsp3) is 0.500. The van der Waals surface area contributed by atoms with E-state index in [-0.39, 0.29) is 29.8 Å². The van der Waals surface area contributed by atoms with Gasteiger partial charge in [-0.3, -0.25) is 14.4 Å². The molecule has 0 bridgehead atoms. The third-order valence-electron chi connectivity index (χ3n) is 3.43. The Morgan fingerprint density at radius 1 is 1.47 bits per heavy atom. The van der Waals surface area contributed by atoms with Gasteiger partial charge in [-0.25, -0.2) is 0 Å². The Morgan fingerprint density at radius 2 is 2.21 bits per heavy atom. The maximum absolute atomic E-state index is 12.3. The van der Waals surface area contributed by atoms with Crippen LogP contribution in [0, 0.1) is 0 Å². The number of hydrogen-bond donors (Lipinski definition) is 0. The number of nitrogens with zero attached hydrogens (tertiary/aromatic N) is 1. The third kappa shape index (κ3) is 2.59. The summed E-state index contributed by atoms with van der Waals surface area (Å²) in [6, 6.07) is 1.80. The van der Waals surface area contributed by atoms with Crippen molar-refractivity contribution >= 4 is 11.8 Å². The van der Waals surface area contributed by atoms with E-state index in [4.69, 9.17) is 4.74 Å². The Balaban J connectivity index is 2.37. The highest BCUT2D eigenvalue weighted by molar-refractivity contribution is 5.80. The lowest BCUT2D eigenvalue weighted by Crippen LogP contribution is -2.32. The predicted molar refractivity (Wildman–Crippen MR) is 68.8 cm³/mol. The maximum atomic E-state index is 12.3. The molecule has 2 heterocycles. The molecule has 0 radical (unpaired) electrons. The molecule has 5 nitrogen and oxygen atoms in total. The second kappa shape index (κ2) is 5.38. The molecule has 102 valence electrons. The quantitative estimate of drug-likeness (QED) is 0.770. The molecule has 0 aliphatic carbocycles. The number of ether oxygens (including phenoxy) is 1. The Morgan fingerprint density at radius 3 is 2.84 bits per heavy atom. The van der Waals surface area contributed by atoms with Crippen molar-refractivity contribution in [2.45, 2.75) is 45.8 Å². The fourth-order valence-corrected chi connectivity index (χ4v) is 2.32. The first-order chi connectivity index (χ1) is 9.04.